The molecule has 5 heteroatoms. The van der Waals surface area contributed by atoms with Gasteiger partial charge in [0.05, 0.1) is 22.0 Å². The Bertz CT molecular complexity index is 375. The molecule has 1 atom stereocenters. The molecule has 1 rings (SSSR count). The molecule has 0 aliphatic rings. The molecule has 0 spiro atoms. The molecule has 4 nitrogen and oxygen atoms in total. The largest absolute Gasteiger partial charge is 0.390 e. The summed E-state index contributed by atoms with van der Waals surface area (Å²) in [4.78, 5) is 0. The van der Waals surface area contributed by atoms with E-state index in [0.29, 0.717) is 24.5 Å². The Morgan fingerprint density at radius 1 is 1.53 bits per heavy atom. The van der Waals surface area contributed by atoms with E-state index >= 15 is 0 Å². The van der Waals surface area contributed by atoms with Crippen LogP contribution in [0.1, 0.15) is 31.7 Å². The molecule has 1 unspecified atom stereocenters. The maximum Gasteiger partial charge on any atom is 0.0848 e. The van der Waals surface area contributed by atoms with Crippen LogP contribution >= 0.6 is 11.6 Å². The van der Waals surface area contributed by atoms with Crippen LogP contribution in [-0.4, -0.2) is 34.2 Å². The smallest absolute Gasteiger partial charge is 0.0848 e. The summed E-state index contributed by atoms with van der Waals surface area (Å²) >= 11 is 6.21. The Labute approximate surface area is 108 Å². The minimum Gasteiger partial charge on any atom is -0.390 e. The highest BCUT2D eigenvalue weighted by atomic mass is 35.5. The van der Waals surface area contributed by atoms with Gasteiger partial charge in [-0.3, -0.25) is 4.68 Å². The second-order valence-corrected chi connectivity index (χ2v) is 4.96. The van der Waals surface area contributed by atoms with Crippen LogP contribution in [0.4, 0.5) is 0 Å². The number of halogens is 1. The van der Waals surface area contributed by atoms with Crippen LogP contribution < -0.4 is 0 Å². The molecule has 0 fully saturated rings. The van der Waals surface area contributed by atoms with Crippen LogP contribution in [0.15, 0.2) is 0 Å². The van der Waals surface area contributed by atoms with Crippen LogP contribution in [0, 0.1) is 6.92 Å². The monoisotopic (exact) mass is 260 g/mol. The second-order valence-electron chi connectivity index (χ2n) is 4.58. The molecule has 0 radical (unpaired) electrons. The van der Waals surface area contributed by atoms with Gasteiger partial charge in [0.25, 0.3) is 0 Å². The molecule has 1 aromatic heterocycles. The van der Waals surface area contributed by atoms with Crippen molar-refractivity contribution in [2.45, 2.75) is 45.8 Å². The summed E-state index contributed by atoms with van der Waals surface area (Å²) in [6.07, 6.45) is 1.07. The number of methoxy groups -OCH3 is 1. The molecule has 1 N–H and O–H groups in total. The van der Waals surface area contributed by atoms with Crippen molar-refractivity contribution in [1.82, 2.24) is 9.78 Å². The lowest BCUT2D eigenvalue weighted by Crippen LogP contribution is -2.30. The van der Waals surface area contributed by atoms with Crippen molar-refractivity contribution < 1.29 is 9.84 Å². The van der Waals surface area contributed by atoms with Crippen LogP contribution in [0.2, 0.25) is 5.02 Å². The molecule has 0 amide bonds. The number of aliphatic hydroxyl groups is 1. The van der Waals surface area contributed by atoms with E-state index < -0.39 is 5.60 Å². The summed E-state index contributed by atoms with van der Waals surface area (Å²) in [5, 5.41) is 15.3. The average molecular weight is 261 g/mol. The van der Waals surface area contributed by atoms with Crippen LogP contribution in [0.25, 0.3) is 0 Å². The summed E-state index contributed by atoms with van der Waals surface area (Å²) in [5.74, 6) is 0. The molecule has 98 valence electrons. The highest BCUT2D eigenvalue weighted by Crippen LogP contribution is 2.26. The van der Waals surface area contributed by atoms with E-state index in [2.05, 4.69) is 5.10 Å². The Kier molecular flexibility index (Phi) is 4.98. The number of aryl methyl sites for hydroxylation is 2. The van der Waals surface area contributed by atoms with Gasteiger partial charge in [-0.15, -0.1) is 0 Å². The van der Waals surface area contributed by atoms with E-state index in [9.17, 15) is 5.11 Å². The van der Waals surface area contributed by atoms with Crippen molar-refractivity contribution in [3.63, 3.8) is 0 Å². The summed E-state index contributed by atoms with van der Waals surface area (Å²) in [6.45, 7) is 6.97. The highest BCUT2D eigenvalue weighted by Gasteiger charge is 2.25. The van der Waals surface area contributed by atoms with Crippen molar-refractivity contribution in [2.24, 2.45) is 0 Å². The van der Waals surface area contributed by atoms with Crippen molar-refractivity contribution in [3.8, 4) is 0 Å². The lowest BCUT2D eigenvalue weighted by molar-refractivity contribution is 0.0233. The van der Waals surface area contributed by atoms with E-state index in [4.69, 9.17) is 16.3 Å². The summed E-state index contributed by atoms with van der Waals surface area (Å²) in [6, 6.07) is 0. The first-order valence-corrected chi connectivity index (χ1v) is 6.22. The van der Waals surface area contributed by atoms with Gasteiger partial charge in [0.2, 0.25) is 0 Å². The zero-order valence-electron chi connectivity index (χ0n) is 11.0. The average Bonchev–Trinajstić information content (AvgIpc) is 2.54. The third-order valence-electron chi connectivity index (χ3n) is 2.85. The van der Waals surface area contributed by atoms with Gasteiger partial charge < -0.3 is 9.84 Å². The first-order chi connectivity index (χ1) is 7.91. The molecule has 0 saturated heterocycles. The zero-order chi connectivity index (χ0) is 13.1. The lowest BCUT2D eigenvalue weighted by atomic mass is 9.96. The Morgan fingerprint density at radius 3 is 2.71 bits per heavy atom. The standard InChI is InChI=1S/C12H21ClN2O2/c1-5-15-10(11(13)9(2)14-15)8-12(3,16)6-7-17-4/h16H,5-8H2,1-4H3. The summed E-state index contributed by atoms with van der Waals surface area (Å²) < 4.78 is 6.84. The summed E-state index contributed by atoms with van der Waals surface area (Å²) in [5.41, 5.74) is 0.887. The van der Waals surface area contributed by atoms with Crippen molar-refractivity contribution in [3.05, 3.63) is 16.4 Å². The van der Waals surface area contributed by atoms with Gasteiger partial charge in [0.1, 0.15) is 0 Å². The third kappa shape index (κ3) is 3.69. The zero-order valence-corrected chi connectivity index (χ0v) is 11.7. The van der Waals surface area contributed by atoms with Gasteiger partial charge in [-0.05, 0) is 27.2 Å². The Balaban J connectivity index is 2.86. The van der Waals surface area contributed by atoms with Crippen LogP contribution in [0.3, 0.4) is 0 Å². The predicted molar refractivity (Wildman–Crippen MR) is 68.5 cm³/mol. The molecular formula is C12H21ClN2O2. The minimum absolute atomic E-state index is 0.490. The third-order valence-corrected chi connectivity index (χ3v) is 3.34. The van der Waals surface area contributed by atoms with Gasteiger partial charge in [-0.25, -0.2) is 0 Å². The van der Waals surface area contributed by atoms with Gasteiger partial charge in [-0.2, -0.15) is 5.10 Å². The number of hydrogen-bond acceptors (Lipinski definition) is 3. The van der Waals surface area contributed by atoms with Crippen LogP contribution in [-0.2, 0) is 17.7 Å². The predicted octanol–water partition coefficient (Wildman–Crippen LogP) is 2.19. The number of nitrogens with zero attached hydrogens (tertiary/aromatic N) is 2. The molecule has 1 heterocycles. The summed E-state index contributed by atoms with van der Waals surface area (Å²) in [7, 11) is 1.63. The van der Waals surface area contributed by atoms with Crippen LogP contribution in [0.5, 0.6) is 0 Å². The second kappa shape index (κ2) is 5.85. The number of rotatable bonds is 6. The number of ether oxygens (including phenoxy) is 1. The van der Waals surface area contributed by atoms with Gasteiger partial charge in [-0.1, -0.05) is 11.6 Å². The van der Waals surface area contributed by atoms with E-state index in [-0.39, 0.29) is 0 Å². The highest BCUT2D eigenvalue weighted by molar-refractivity contribution is 6.31. The lowest BCUT2D eigenvalue weighted by Gasteiger charge is -2.23. The van der Waals surface area contributed by atoms with E-state index in [0.717, 1.165) is 17.9 Å². The molecule has 1 aromatic rings. The number of hydrogen-bond donors (Lipinski definition) is 1. The SMILES string of the molecule is CCn1nc(C)c(Cl)c1CC(C)(O)CCOC. The van der Waals surface area contributed by atoms with Gasteiger partial charge in [0, 0.05) is 26.7 Å². The van der Waals surface area contributed by atoms with E-state index in [1.165, 1.54) is 0 Å². The molecule has 0 bridgehead atoms. The van der Waals surface area contributed by atoms with Gasteiger partial charge in [0.15, 0.2) is 0 Å². The first-order valence-electron chi connectivity index (χ1n) is 5.84. The van der Waals surface area contributed by atoms with E-state index in [1.54, 1.807) is 14.0 Å². The number of aromatic nitrogens is 2. The molecule has 0 aliphatic carbocycles. The fourth-order valence-corrected chi connectivity index (χ4v) is 2.01. The first kappa shape index (κ1) is 14.5. The molecule has 0 saturated carbocycles. The Morgan fingerprint density at radius 2 is 2.18 bits per heavy atom. The topological polar surface area (TPSA) is 47.3 Å². The normalized spacial score (nSPS) is 14.9. The maximum absolute atomic E-state index is 10.3. The quantitative estimate of drug-likeness (QED) is 0.853. The van der Waals surface area contributed by atoms with Gasteiger partial charge >= 0.3 is 0 Å². The van der Waals surface area contributed by atoms with E-state index in [1.807, 2.05) is 18.5 Å². The molecular weight excluding hydrogens is 240 g/mol. The maximum atomic E-state index is 10.3. The molecule has 0 aliphatic heterocycles. The minimum atomic E-state index is -0.820. The van der Waals surface area contributed by atoms with Crippen molar-refractivity contribution in [2.75, 3.05) is 13.7 Å². The molecule has 17 heavy (non-hydrogen) atoms. The Hall–Kier alpha value is -0.580. The fraction of sp³-hybridized carbons (Fsp3) is 0.750. The van der Waals surface area contributed by atoms with Crippen molar-refractivity contribution >= 4 is 11.6 Å². The molecule has 0 aromatic carbocycles. The van der Waals surface area contributed by atoms with Crippen molar-refractivity contribution in [1.29, 1.82) is 0 Å². The fourth-order valence-electron chi connectivity index (χ4n) is 1.81.